The molecule has 1 heterocycles. The Morgan fingerprint density at radius 1 is 1.14 bits per heavy atom. The number of nitrogens with one attached hydrogen (secondary N) is 1. The lowest BCUT2D eigenvalue weighted by Crippen LogP contribution is -2.38. The summed E-state index contributed by atoms with van der Waals surface area (Å²) in [6.45, 7) is 0.558. The zero-order chi connectivity index (χ0) is 15.5. The molecule has 1 atom stereocenters. The molecule has 2 fully saturated rings. The SMILES string of the molecule is O=C(Nc1ccc(Cl)cc1)[C@H]1CC(=O)N(C2CCCCC2)C1. The van der Waals surface area contributed by atoms with Gasteiger partial charge in [-0.15, -0.1) is 0 Å². The second-order valence-corrected chi connectivity index (χ2v) is 6.67. The predicted octanol–water partition coefficient (Wildman–Crippen LogP) is 3.46. The molecule has 1 saturated heterocycles. The van der Waals surface area contributed by atoms with E-state index in [0.29, 0.717) is 24.0 Å². The molecule has 1 saturated carbocycles. The normalized spacial score (nSPS) is 22.9. The van der Waals surface area contributed by atoms with Crippen LogP contribution in [0.4, 0.5) is 5.69 Å². The van der Waals surface area contributed by atoms with Gasteiger partial charge in [0.25, 0.3) is 0 Å². The van der Waals surface area contributed by atoms with E-state index in [-0.39, 0.29) is 17.7 Å². The van der Waals surface area contributed by atoms with Crippen LogP contribution >= 0.6 is 11.6 Å². The average Bonchev–Trinajstić information content (AvgIpc) is 2.92. The average molecular weight is 321 g/mol. The molecule has 0 spiro atoms. The van der Waals surface area contributed by atoms with Crippen LogP contribution in [0.25, 0.3) is 0 Å². The van der Waals surface area contributed by atoms with Crippen LogP contribution in [-0.2, 0) is 9.59 Å². The lowest BCUT2D eigenvalue weighted by atomic mass is 9.94. The van der Waals surface area contributed by atoms with E-state index in [4.69, 9.17) is 11.6 Å². The second kappa shape index (κ2) is 6.69. The van der Waals surface area contributed by atoms with Gasteiger partial charge in [-0.3, -0.25) is 9.59 Å². The standard InChI is InChI=1S/C17H21ClN2O2/c18-13-6-8-14(9-7-13)19-17(22)12-10-16(21)20(11-12)15-4-2-1-3-5-15/h6-9,12,15H,1-5,10-11H2,(H,19,22)/t12-/m0/s1. The highest BCUT2D eigenvalue weighted by molar-refractivity contribution is 6.30. The molecule has 1 aromatic carbocycles. The molecule has 5 heteroatoms. The Balaban J connectivity index is 1.59. The van der Waals surface area contributed by atoms with Gasteiger partial charge in [-0.05, 0) is 37.1 Å². The zero-order valence-corrected chi connectivity index (χ0v) is 13.3. The fourth-order valence-corrected chi connectivity index (χ4v) is 3.56. The highest BCUT2D eigenvalue weighted by atomic mass is 35.5. The van der Waals surface area contributed by atoms with E-state index in [1.54, 1.807) is 24.3 Å². The lowest BCUT2D eigenvalue weighted by Gasteiger charge is -2.31. The number of hydrogen-bond donors (Lipinski definition) is 1. The summed E-state index contributed by atoms with van der Waals surface area (Å²) in [4.78, 5) is 26.5. The van der Waals surface area contributed by atoms with Crippen molar-refractivity contribution in [3.63, 3.8) is 0 Å². The summed E-state index contributed by atoms with van der Waals surface area (Å²) in [6, 6.07) is 7.37. The number of likely N-dealkylation sites (tertiary alicyclic amines) is 1. The molecule has 1 aromatic rings. The van der Waals surface area contributed by atoms with E-state index < -0.39 is 0 Å². The maximum absolute atomic E-state index is 12.4. The summed E-state index contributed by atoms with van der Waals surface area (Å²) >= 11 is 5.84. The number of carbonyl (C=O) groups is 2. The van der Waals surface area contributed by atoms with E-state index in [9.17, 15) is 9.59 Å². The van der Waals surface area contributed by atoms with Crippen molar-refractivity contribution in [3.05, 3.63) is 29.3 Å². The number of rotatable bonds is 3. The minimum Gasteiger partial charge on any atom is -0.339 e. The van der Waals surface area contributed by atoms with Gasteiger partial charge in [-0.2, -0.15) is 0 Å². The molecule has 4 nitrogen and oxygen atoms in total. The van der Waals surface area contributed by atoms with E-state index in [1.165, 1.54) is 19.3 Å². The fraction of sp³-hybridized carbons (Fsp3) is 0.529. The van der Waals surface area contributed by atoms with Crippen molar-refractivity contribution in [2.24, 2.45) is 5.92 Å². The third kappa shape index (κ3) is 3.43. The van der Waals surface area contributed by atoms with Crippen LogP contribution in [0.15, 0.2) is 24.3 Å². The van der Waals surface area contributed by atoms with Gasteiger partial charge in [0.1, 0.15) is 0 Å². The van der Waals surface area contributed by atoms with Crippen LogP contribution in [-0.4, -0.2) is 29.3 Å². The molecule has 118 valence electrons. The van der Waals surface area contributed by atoms with E-state index in [1.807, 2.05) is 4.90 Å². The highest BCUT2D eigenvalue weighted by Gasteiger charge is 2.38. The molecule has 2 aliphatic rings. The summed E-state index contributed by atoms with van der Waals surface area (Å²) in [5.41, 5.74) is 0.720. The largest absolute Gasteiger partial charge is 0.339 e. The van der Waals surface area contributed by atoms with Crippen LogP contribution in [0.3, 0.4) is 0 Å². The van der Waals surface area contributed by atoms with Crippen molar-refractivity contribution < 1.29 is 9.59 Å². The first-order valence-electron chi connectivity index (χ1n) is 7.99. The van der Waals surface area contributed by atoms with Gasteiger partial charge in [0, 0.05) is 29.7 Å². The molecule has 1 N–H and O–H groups in total. The van der Waals surface area contributed by atoms with Gasteiger partial charge in [0.05, 0.1) is 5.92 Å². The topological polar surface area (TPSA) is 49.4 Å². The van der Waals surface area contributed by atoms with Crippen LogP contribution in [0, 0.1) is 5.92 Å². The molecular weight excluding hydrogens is 300 g/mol. The highest BCUT2D eigenvalue weighted by Crippen LogP contribution is 2.29. The summed E-state index contributed by atoms with van der Waals surface area (Å²) in [6.07, 6.45) is 6.13. The van der Waals surface area contributed by atoms with Crippen molar-refractivity contribution in [2.75, 3.05) is 11.9 Å². The van der Waals surface area contributed by atoms with E-state index in [0.717, 1.165) is 18.5 Å². The Hall–Kier alpha value is -1.55. The summed E-state index contributed by atoms with van der Waals surface area (Å²) in [5.74, 6) is -0.192. The van der Waals surface area contributed by atoms with Crippen LogP contribution in [0.2, 0.25) is 5.02 Å². The first-order chi connectivity index (χ1) is 10.6. The Labute approximate surface area is 135 Å². The fourth-order valence-electron chi connectivity index (χ4n) is 3.43. The van der Waals surface area contributed by atoms with Crippen molar-refractivity contribution >= 4 is 29.1 Å². The first kappa shape index (κ1) is 15.3. The third-order valence-corrected chi connectivity index (χ3v) is 4.91. The van der Waals surface area contributed by atoms with Gasteiger partial charge >= 0.3 is 0 Å². The third-order valence-electron chi connectivity index (χ3n) is 4.66. The predicted molar refractivity (Wildman–Crippen MR) is 86.8 cm³/mol. The minimum absolute atomic E-state index is 0.0750. The lowest BCUT2D eigenvalue weighted by molar-refractivity contribution is -0.130. The van der Waals surface area contributed by atoms with Crippen LogP contribution in [0.1, 0.15) is 38.5 Å². The first-order valence-corrected chi connectivity index (χ1v) is 8.37. The quantitative estimate of drug-likeness (QED) is 0.927. The Bertz CT molecular complexity index is 552. The summed E-state index contributed by atoms with van der Waals surface area (Å²) in [7, 11) is 0. The molecule has 3 rings (SSSR count). The number of halogens is 1. The van der Waals surface area contributed by atoms with Gasteiger partial charge in [0.2, 0.25) is 11.8 Å². The van der Waals surface area contributed by atoms with Crippen molar-refractivity contribution in [1.29, 1.82) is 0 Å². The molecule has 0 bridgehead atoms. The molecule has 1 aliphatic heterocycles. The molecular formula is C17H21ClN2O2. The number of benzene rings is 1. The number of carbonyl (C=O) groups excluding carboxylic acids is 2. The second-order valence-electron chi connectivity index (χ2n) is 6.24. The van der Waals surface area contributed by atoms with Gasteiger partial charge in [-0.1, -0.05) is 30.9 Å². The summed E-state index contributed by atoms with van der Waals surface area (Å²) in [5, 5.41) is 3.52. The van der Waals surface area contributed by atoms with Crippen LogP contribution in [0.5, 0.6) is 0 Å². The Morgan fingerprint density at radius 3 is 2.50 bits per heavy atom. The smallest absolute Gasteiger partial charge is 0.229 e. The molecule has 0 aromatic heterocycles. The molecule has 0 radical (unpaired) electrons. The van der Waals surface area contributed by atoms with Gasteiger partial charge < -0.3 is 10.2 Å². The Morgan fingerprint density at radius 2 is 1.82 bits per heavy atom. The molecule has 2 amide bonds. The molecule has 0 unspecified atom stereocenters. The minimum atomic E-state index is -0.245. The van der Waals surface area contributed by atoms with Crippen molar-refractivity contribution in [3.8, 4) is 0 Å². The van der Waals surface area contributed by atoms with Gasteiger partial charge in [0.15, 0.2) is 0 Å². The maximum Gasteiger partial charge on any atom is 0.229 e. The number of hydrogen-bond acceptors (Lipinski definition) is 2. The van der Waals surface area contributed by atoms with E-state index >= 15 is 0 Å². The van der Waals surface area contributed by atoms with Crippen molar-refractivity contribution in [1.82, 2.24) is 4.90 Å². The van der Waals surface area contributed by atoms with Crippen LogP contribution < -0.4 is 5.32 Å². The maximum atomic E-state index is 12.4. The van der Waals surface area contributed by atoms with Crippen molar-refractivity contribution in [2.45, 2.75) is 44.6 Å². The molecule has 1 aliphatic carbocycles. The number of anilines is 1. The number of amides is 2. The zero-order valence-electron chi connectivity index (χ0n) is 12.6. The Kier molecular flexibility index (Phi) is 4.67. The number of nitrogens with zero attached hydrogens (tertiary/aromatic N) is 1. The molecule has 22 heavy (non-hydrogen) atoms. The summed E-state index contributed by atoms with van der Waals surface area (Å²) < 4.78 is 0. The monoisotopic (exact) mass is 320 g/mol. The van der Waals surface area contributed by atoms with Gasteiger partial charge in [-0.25, -0.2) is 0 Å². The van der Waals surface area contributed by atoms with E-state index in [2.05, 4.69) is 5.32 Å².